The zero-order valence-corrected chi connectivity index (χ0v) is 18.4. The third kappa shape index (κ3) is 5.84. The van der Waals surface area contributed by atoms with Crippen molar-refractivity contribution in [1.82, 2.24) is 14.8 Å². The highest BCUT2D eigenvalue weighted by Crippen LogP contribution is 2.34. The fraction of sp³-hybridized carbons (Fsp3) is 0.706. The highest BCUT2D eigenvalue weighted by atomic mass is 127. The molecule has 0 bridgehead atoms. The minimum Gasteiger partial charge on any atom is -0.381 e. The number of guanidine groups is 1. The second-order valence-corrected chi connectivity index (χ2v) is 7.41. The minimum atomic E-state index is 0. The van der Waals surface area contributed by atoms with Crippen molar-refractivity contribution in [3.05, 3.63) is 24.0 Å². The number of aryl methyl sites for hydroxylation is 1. The number of ether oxygens (including phenoxy) is 1. The van der Waals surface area contributed by atoms with Crippen LogP contribution in [-0.2, 0) is 18.3 Å². The zero-order chi connectivity index (χ0) is 16.7. The van der Waals surface area contributed by atoms with Crippen LogP contribution in [0.2, 0.25) is 0 Å². The number of hydrogen-bond acceptors (Lipinski definition) is 3. The lowest BCUT2D eigenvalue weighted by Gasteiger charge is -2.34. The van der Waals surface area contributed by atoms with E-state index in [2.05, 4.69) is 60.4 Å². The van der Waals surface area contributed by atoms with Crippen LogP contribution in [-0.4, -0.2) is 59.8 Å². The number of nitrogens with one attached hydrogen (secondary N) is 1. The van der Waals surface area contributed by atoms with Gasteiger partial charge in [0.1, 0.15) is 0 Å². The van der Waals surface area contributed by atoms with E-state index in [0.29, 0.717) is 0 Å². The van der Waals surface area contributed by atoms with Gasteiger partial charge >= 0.3 is 0 Å². The van der Waals surface area contributed by atoms with Gasteiger partial charge in [0.05, 0.1) is 13.1 Å². The molecular formula is C17H31IN4OS. The van der Waals surface area contributed by atoms with Crippen molar-refractivity contribution in [2.75, 3.05) is 39.6 Å². The summed E-state index contributed by atoms with van der Waals surface area (Å²) in [7, 11) is 4.18. The fourth-order valence-electron chi connectivity index (χ4n) is 2.84. The van der Waals surface area contributed by atoms with E-state index in [9.17, 15) is 0 Å². The quantitative estimate of drug-likeness (QED) is 0.398. The molecule has 138 valence electrons. The number of aliphatic imine (C=N–C) groups is 1. The van der Waals surface area contributed by atoms with Crippen molar-refractivity contribution in [1.29, 1.82) is 0 Å². The molecule has 5 nitrogen and oxygen atoms in total. The summed E-state index contributed by atoms with van der Waals surface area (Å²) in [6.45, 7) is 6.40. The maximum atomic E-state index is 5.52. The van der Waals surface area contributed by atoms with E-state index in [1.807, 2.05) is 11.8 Å². The van der Waals surface area contributed by atoms with Crippen LogP contribution in [0.25, 0.3) is 0 Å². The second kappa shape index (κ2) is 10.6. The van der Waals surface area contributed by atoms with E-state index in [1.165, 1.54) is 5.69 Å². The number of thioether (sulfide) groups is 1. The molecule has 24 heavy (non-hydrogen) atoms. The normalized spacial score (nSPS) is 17.2. The average molecular weight is 466 g/mol. The Morgan fingerprint density at radius 2 is 2.17 bits per heavy atom. The fourth-order valence-corrected chi connectivity index (χ4v) is 3.61. The Morgan fingerprint density at radius 3 is 2.71 bits per heavy atom. The van der Waals surface area contributed by atoms with Gasteiger partial charge in [-0.3, -0.25) is 4.99 Å². The van der Waals surface area contributed by atoms with Crippen molar-refractivity contribution in [2.24, 2.45) is 12.0 Å². The van der Waals surface area contributed by atoms with Crippen LogP contribution in [0.5, 0.6) is 0 Å². The van der Waals surface area contributed by atoms with Crippen LogP contribution < -0.4 is 5.32 Å². The van der Waals surface area contributed by atoms with Gasteiger partial charge in [-0.05, 0) is 38.2 Å². The monoisotopic (exact) mass is 466 g/mol. The molecule has 2 rings (SSSR count). The van der Waals surface area contributed by atoms with Crippen molar-refractivity contribution < 1.29 is 4.74 Å². The summed E-state index contributed by atoms with van der Waals surface area (Å²) in [5.41, 5.74) is 1.28. The van der Waals surface area contributed by atoms with E-state index in [1.54, 1.807) is 0 Å². The van der Waals surface area contributed by atoms with Gasteiger partial charge in [0.25, 0.3) is 0 Å². The third-order valence-electron chi connectivity index (χ3n) is 4.50. The maximum absolute atomic E-state index is 5.52. The van der Waals surface area contributed by atoms with Crippen LogP contribution >= 0.6 is 35.7 Å². The highest BCUT2D eigenvalue weighted by molar-refractivity contribution is 14.0. The molecule has 1 saturated heterocycles. The summed E-state index contributed by atoms with van der Waals surface area (Å²) < 4.78 is 7.90. The predicted octanol–water partition coefficient (Wildman–Crippen LogP) is 2.95. The van der Waals surface area contributed by atoms with Gasteiger partial charge in [-0.25, -0.2) is 0 Å². The molecule has 0 amide bonds. The topological polar surface area (TPSA) is 41.8 Å². The Kier molecular flexibility index (Phi) is 9.51. The molecule has 2 heterocycles. The van der Waals surface area contributed by atoms with Gasteiger partial charge in [0, 0.05) is 50.5 Å². The van der Waals surface area contributed by atoms with E-state index >= 15 is 0 Å². The molecule has 1 aromatic heterocycles. The summed E-state index contributed by atoms with van der Waals surface area (Å²) in [6, 6.07) is 4.24. The molecule has 1 aliphatic heterocycles. The molecule has 1 aromatic rings. The number of hydrogen-bond donors (Lipinski definition) is 1. The Hall–Kier alpha value is -0.410. The van der Waals surface area contributed by atoms with Crippen LogP contribution in [0, 0.1) is 0 Å². The van der Waals surface area contributed by atoms with Crippen molar-refractivity contribution in [2.45, 2.75) is 31.1 Å². The van der Waals surface area contributed by atoms with E-state index < -0.39 is 0 Å². The first-order valence-electron chi connectivity index (χ1n) is 8.33. The van der Waals surface area contributed by atoms with Crippen LogP contribution in [0.3, 0.4) is 0 Å². The summed E-state index contributed by atoms with van der Waals surface area (Å²) in [4.78, 5) is 7.14. The SMILES string of the molecule is CCNC(=NCC1(SC)CCOCC1)N(C)Cc1cccn1C.I. The number of aromatic nitrogens is 1. The number of nitrogens with zero attached hydrogens (tertiary/aromatic N) is 3. The maximum Gasteiger partial charge on any atom is 0.194 e. The molecule has 1 aliphatic rings. The summed E-state index contributed by atoms with van der Waals surface area (Å²) in [6.07, 6.45) is 6.44. The van der Waals surface area contributed by atoms with Gasteiger partial charge in [-0.2, -0.15) is 11.8 Å². The van der Waals surface area contributed by atoms with Gasteiger partial charge in [0.2, 0.25) is 0 Å². The molecular weight excluding hydrogens is 435 g/mol. The molecule has 0 saturated carbocycles. The Labute approximate surface area is 167 Å². The van der Waals surface area contributed by atoms with E-state index in [-0.39, 0.29) is 28.7 Å². The molecule has 1 fully saturated rings. The Balaban J connectivity index is 0.00000288. The van der Waals surface area contributed by atoms with Crippen molar-refractivity contribution in [3.63, 3.8) is 0 Å². The molecule has 0 unspecified atom stereocenters. The van der Waals surface area contributed by atoms with E-state index in [0.717, 1.165) is 51.6 Å². The lowest BCUT2D eigenvalue weighted by Crippen LogP contribution is -2.41. The molecule has 0 spiro atoms. The smallest absolute Gasteiger partial charge is 0.194 e. The lowest BCUT2D eigenvalue weighted by molar-refractivity contribution is 0.0793. The van der Waals surface area contributed by atoms with Gasteiger partial charge in [-0.15, -0.1) is 24.0 Å². The number of halogens is 1. The van der Waals surface area contributed by atoms with Crippen LogP contribution in [0.1, 0.15) is 25.5 Å². The van der Waals surface area contributed by atoms with Gasteiger partial charge in [0.15, 0.2) is 5.96 Å². The second-order valence-electron chi connectivity index (χ2n) is 6.14. The largest absolute Gasteiger partial charge is 0.381 e. The van der Waals surface area contributed by atoms with Crippen molar-refractivity contribution >= 4 is 41.7 Å². The summed E-state index contributed by atoms with van der Waals surface area (Å²) >= 11 is 1.94. The first kappa shape index (κ1) is 21.6. The molecule has 0 atom stereocenters. The average Bonchev–Trinajstić information content (AvgIpc) is 2.97. The first-order valence-corrected chi connectivity index (χ1v) is 9.55. The third-order valence-corrected chi connectivity index (χ3v) is 5.90. The Morgan fingerprint density at radius 1 is 1.46 bits per heavy atom. The molecule has 0 aromatic carbocycles. The molecule has 0 radical (unpaired) electrons. The van der Waals surface area contributed by atoms with E-state index in [4.69, 9.17) is 9.73 Å². The number of rotatable bonds is 6. The molecule has 1 N–H and O–H groups in total. The van der Waals surface area contributed by atoms with Gasteiger partial charge < -0.3 is 19.5 Å². The van der Waals surface area contributed by atoms with Gasteiger partial charge in [-0.1, -0.05) is 0 Å². The summed E-state index contributed by atoms with van der Waals surface area (Å²) in [5.74, 6) is 0.980. The highest BCUT2D eigenvalue weighted by Gasteiger charge is 2.31. The van der Waals surface area contributed by atoms with Crippen LogP contribution in [0.4, 0.5) is 0 Å². The first-order chi connectivity index (χ1) is 11.1. The lowest BCUT2D eigenvalue weighted by atomic mass is 9.99. The minimum absolute atomic E-state index is 0. The summed E-state index contributed by atoms with van der Waals surface area (Å²) in [5, 5.41) is 3.42. The zero-order valence-electron chi connectivity index (χ0n) is 15.2. The van der Waals surface area contributed by atoms with Crippen LogP contribution in [0.15, 0.2) is 23.3 Å². The van der Waals surface area contributed by atoms with Crippen molar-refractivity contribution in [3.8, 4) is 0 Å². The standard InChI is InChI=1S/C17H30N4OS.HI/c1-5-18-16(21(3)13-15-7-6-10-20(15)2)19-14-17(23-4)8-11-22-12-9-17;/h6-7,10H,5,8-9,11-14H2,1-4H3,(H,18,19);1H. The molecule has 0 aliphatic carbocycles. The Bertz CT molecular complexity index is 514. The molecule has 7 heteroatoms. The predicted molar refractivity (Wildman–Crippen MR) is 115 cm³/mol.